The highest BCUT2D eigenvalue weighted by Gasteiger charge is 2.48. The van der Waals surface area contributed by atoms with Gasteiger partial charge in [0.25, 0.3) is 11.8 Å². The van der Waals surface area contributed by atoms with Crippen LogP contribution in [0.25, 0.3) is 0 Å². The number of likely N-dealkylation sites (N-methyl/N-ethyl adjacent to an activating group) is 1. The third-order valence-electron chi connectivity index (χ3n) is 5.74. The lowest BCUT2D eigenvalue weighted by Crippen LogP contribution is -2.58. The summed E-state index contributed by atoms with van der Waals surface area (Å²) in [6.45, 7) is 1.68. The van der Waals surface area contributed by atoms with Crippen molar-refractivity contribution in [2.45, 2.75) is 25.2 Å². The number of hydrogen-bond donors (Lipinski definition) is 2. The van der Waals surface area contributed by atoms with Gasteiger partial charge in [0, 0.05) is 24.5 Å². The van der Waals surface area contributed by atoms with E-state index in [0.717, 1.165) is 5.56 Å². The fourth-order valence-electron chi connectivity index (χ4n) is 3.79. The first-order valence-electron chi connectivity index (χ1n) is 10.7. The first-order chi connectivity index (χ1) is 16.7. The number of amides is 2. The Labute approximate surface area is 206 Å². The molecule has 0 fully saturated rings. The average molecular weight is 496 g/mol. The van der Waals surface area contributed by atoms with Crippen LogP contribution in [-0.4, -0.2) is 40.8 Å². The molecule has 1 aliphatic rings. The zero-order valence-electron chi connectivity index (χ0n) is 19.0. The van der Waals surface area contributed by atoms with E-state index in [1.54, 1.807) is 6.92 Å². The van der Waals surface area contributed by atoms with Crippen LogP contribution in [-0.2, 0) is 21.7 Å². The van der Waals surface area contributed by atoms with Crippen LogP contribution in [0, 0.1) is 5.82 Å². The van der Waals surface area contributed by atoms with Gasteiger partial charge in [-0.15, -0.1) is 0 Å². The number of nitrogens with two attached hydrogens (primary N) is 1. The smallest absolute Gasteiger partial charge is 0.274 e. The molecule has 2 aromatic carbocycles. The Balaban J connectivity index is 1.68. The van der Waals surface area contributed by atoms with E-state index in [1.807, 2.05) is 30.3 Å². The number of anilines is 1. The highest BCUT2D eigenvalue weighted by atomic mass is 35.5. The van der Waals surface area contributed by atoms with E-state index in [4.69, 9.17) is 22.1 Å². The molecular formula is C25H23ClFN5O3. The van der Waals surface area contributed by atoms with E-state index in [0.29, 0.717) is 5.02 Å². The second-order valence-electron chi connectivity index (χ2n) is 8.20. The Morgan fingerprint density at radius 3 is 2.66 bits per heavy atom. The Hall–Kier alpha value is -3.82. The molecule has 3 N–H and O–H groups in total. The quantitative estimate of drug-likeness (QED) is 0.541. The maximum absolute atomic E-state index is 15.2. The van der Waals surface area contributed by atoms with Crippen LogP contribution in [0.3, 0.4) is 0 Å². The molecule has 8 nitrogen and oxygen atoms in total. The number of carbonyl (C=O) groups is 2. The fraction of sp³-hybridized carbons (Fsp3) is 0.200. The summed E-state index contributed by atoms with van der Waals surface area (Å²) in [4.78, 5) is 35.4. The summed E-state index contributed by atoms with van der Waals surface area (Å²) < 4.78 is 21.2. The van der Waals surface area contributed by atoms with E-state index < -0.39 is 29.3 Å². The molecule has 0 aliphatic carbocycles. The number of guanidine groups is 1. The van der Waals surface area contributed by atoms with Crippen molar-refractivity contribution >= 4 is 35.1 Å². The maximum Gasteiger partial charge on any atom is 0.274 e. The van der Waals surface area contributed by atoms with Gasteiger partial charge < -0.3 is 15.8 Å². The van der Waals surface area contributed by atoms with Gasteiger partial charge in [0.1, 0.15) is 17.1 Å². The minimum absolute atomic E-state index is 0.0434. The van der Waals surface area contributed by atoms with E-state index >= 15 is 4.39 Å². The van der Waals surface area contributed by atoms with Gasteiger partial charge in [-0.25, -0.2) is 14.4 Å². The number of benzene rings is 2. The Morgan fingerprint density at radius 1 is 1.23 bits per heavy atom. The molecule has 10 heteroatoms. The highest BCUT2D eigenvalue weighted by molar-refractivity contribution is 6.30. The molecule has 2 heterocycles. The van der Waals surface area contributed by atoms with Crippen molar-refractivity contribution in [3.63, 3.8) is 0 Å². The predicted molar refractivity (Wildman–Crippen MR) is 130 cm³/mol. The lowest BCUT2D eigenvalue weighted by atomic mass is 9.84. The highest BCUT2D eigenvalue weighted by Crippen LogP contribution is 2.38. The number of nitrogens with one attached hydrogen (secondary N) is 1. The number of aliphatic imine (C=N–C) groups is 1. The van der Waals surface area contributed by atoms with Gasteiger partial charge in [0.05, 0.1) is 11.6 Å². The molecule has 1 aliphatic heterocycles. The zero-order chi connectivity index (χ0) is 25.2. The molecule has 0 spiro atoms. The molecule has 180 valence electrons. The van der Waals surface area contributed by atoms with Crippen molar-refractivity contribution in [3.8, 4) is 0 Å². The summed E-state index contributed by atoms with van der Waals surface area (Å²) >= 11 is 5.83. The van der Waals surface area contributed by atoms with Crippen molar-refractivity contribution in [3.05, 3.63) is 94.5 Å². The van der Waals surface area contributed by atoms with Crippen molar-refractivity contribution in [2.75, 3.05) is 12.4 Å². The summed E-state index contributed by atoms with van der Waals surface area (Å²) in [5.74, 6) is -1.67. The summed E-state index contributed by atoms with van der Waals surface area (Å²) in [6, 6.07) is 16.3. The molecule has 4 rings (SSSR count). The normalized spacial score (nSPS) is 19.9. The summed E-state index contributed by atoms with van der Waals surface area (Å²) in [7, 11) is 1.48. The minimum atomic E-state index is -1.49. The molecule has 2 amide bonds. The predicted octanol–water partition coefficient (Wildman–Crippen LogP) is 3.71. The van der Waals surface area contributed by atoms with Crippen molar-refractivity contribution in [1.29, 1.82) is 0 Å². The first-order valence-corrected chi connectivity index (χ1v) is 11.1. The van der Waals surface area contributed by atoms with Gasteiger partial charge in [-0.1, -0.05) is 41.9 Å². The van der Waals surface area contributed by atoms with E-state index in [-0.39, 0.29) is 29.5 Å². The molecule has 1 aromatic heterocycles. The van der Waals surface area contributed by atoms with Gasteiger partial charge in [0.15, 0.2) is 12.1 Å². The molecule has 1 unspecified atom stereocenters. The maximum atomic E-state index is 15.2. The fourth-order valence-corrected chi connectivity index (χ4v) is 3.90. The van der Waals surface area contributed by atoms with Gasteiger partial charge >= 0.3 is 0 Å². The average Bonchev–Trinajstić information content (AvgIpc) is 2.84. The van der Waals surface area contributed by atoms with Gasteiger partial charge in [-0.05, 0) is 42.8 Å². The molecule has 3 aromatic rings. The van der Waals surface area contributed by atoms with Crippen LogP contribution in [0.2, 0.25) is 5.02 Å². The number of ether oxygens (including phenoxy) is 1. The summed E-state index contributed by atoms with van der Waals surface area (Å²) in [5.41, 5.74) is 5.80. The number of aromatic nitrogens is 1. The topological polar surface area (TPSA) is 110 Å². The van der Waals surface area contributed by atoms with Crippen LogP contribution in [0.1, 0.15) is 28.5 Å². The largest absolute Gasteiger partial charge is 0.369 e. The summed E-state index contributed by atoms with van der Waals surface area (Å²) in [5, 5.41) is 3.07. The molecule has 0 bridgehead atoms. The first kappa shape index (κ1) is 24.3. The van der Waals surface area contributed by atoms with Crippen molar-refractivity contribution in [2.24, 2.45) is 10.7 Å². The number of hydrogen-bond acceptors (Lipinski definition) is 6. The number of carbonyl (C=O) groups excluding carboxylic acids is 2. The van der Waals surface area contributed by atoms with Crippen LogP contribution in [0.15, 0.2) is 71.9 Å². The molecule has 0 saturated heterocycles. The van der Waals surface area contributed by atoms with Crippen LogP contribution in [0.5, 0.6) is 0 Å². The number of halogens is 2. The zero-order valence-corrected chi connectivity index (χ0v) is 19.8. The van der Waals surface area contributed by atoms with Gasteiger partial charge in [-0.3, -0.25) is 14.5 Å². The third-order valence-corrected chi connectivity index (χ3v) is 5.97. The Kier molecular flexibility index (Phi) is 6.81. The second kappa shape index (κ2) is 9.81. The molecular weight excluding hydrogens is 473 g/mol. The monoisotopic (exact) mass is 495 g/mol. The van der Waals surface area contributed by atoms with Crippen LogP contribution < -0.4 is 11.1 Å². The Morgan fingerprint density at radius 2 is 1.97 bits per heavy atom. The SMILES string of the molecule is CN1C(=O)[C@H](OCc2ccccc2)C(C)(c2cc(NC(=O)c3ccc(Cl)cn3)ccc2F)N=C1N. The Bertz CT molecular complexity index is 1290. The van der Waals surface area contributed by atoms with Crippen LogP contribution in [0.4, 0.5) is 10.1 Å². The molecule has 35 heavy (non-hydrogen) atoms. The molecule has 2 atom stereocenters. The van der Waals surface area contributed by atoms with Crippen LogP contribution >= 0.6 is 11.6 Å². The summed E-state index contributed by atoms with van der Waals surface area (Å²) in [6.07, 6.45) is 0.183. The minimum Gasteiger partial charge on any atom is -0.369 e. The molecule has 0 radical (unpaired) electrons. The lowest BCUT2D eigenvalue weighted by molar-refractivity contribution is -0.146. The number of pyridine rings is 1. The van der Waals surface area contributed by atoms with E-state index in [1.165, 1.54) is 48.5 Å². The van der Waals surface area contributed by atoms with Gasteiger partial charge in [0.2, 0.25) is 0 Å². The number of nitrogens with zero attached hydrogens (tertiary/aromatic N) is 3. The molecule has 0 saturated carbocycles. The standard InChI is InChI=1S/C25H23ClFN5O3/c1-25(21(23(34)32(2)24(28)31-25)35-14-15-6-4-3-5-7-15)18-12-17(9-10-19(18)27)30-22(33)20-11-8-16(26)13-29-20/h3-13,21H,14H2,1-2H3,(H2,28,31)(H,30,33)/t21-,25?/m0/s1. The van der Waals surface area contributed by atoms with Gasteiger partial charge in [-0.2, -0.15) is 0 Å². The van der Waals surface area contributed by atoms with Crippen molar-refractivity contribution < 1.29 is 18.7 Å². The second-order valence-corrected chi connectivity index (χ2v) is 8.64. The van der Waals surface area contributed by atoms with Crippen molar-refractivity contribution in [1.82, 2.24) is 9.88 Å². The van der Waals surface area contributed by atoms with E-state index in [2.05, 4.69) is 15.3 Å². The third kappa shape index (κ3) is 5.01. The lowest BCUT2D eigenvalue weighted by Gasteiger charge is -2.40. The van der Waals surface area contributed by atoms with E-state index in [9.17, 15) is 9.59 Å². The number of rotatable bonds is 6.